The fraction of sp³-hybridized carbons (Fsp3) is 0.267. The fourth-order valence-electron chi connectivity index (χ4n) is 2.45. The Morgan fingerprint density at radius 2 is 2.24 bits per heavy atom. The molecule has 3 rings (SSSR count). The van der Waals surface area contributed by atoms with Crippen molar-refractivity contribution < 1.29 is 4.79 Å². The van der Waals surface area contributed by atoms with Crippen LogP contribution in [0.2, 0.25) is 0 Å². The third-order valence-corrected chi connectivity index (χ3v) is 3.54. The van der Waals surface area contributed by atoms with E-state index in [0.717, 1.165) is 30.5 Å². The van der Waals surface area contributed by atoms with Gasteiger partial charge in [0.2, 0.25) is 0 Å². The molecule has 2 amide bonds. The molecule has 6 nitrogen and oxygen atoms in total. The van der Waals surface area contributed by atoms with E-state index in [1.54, 1.807) is 18.5 Å². The number of pyridine rings is 2. The van der Waals surface area contributed by atoms with E-state index in [9.17, 15) is 4.79 Å². The van der Waals surface area contributed by atoms with Crippen molar-refractivity contribution in [2.45, 2.75) is 25.8 Å². The second-order valence-corrected chi connectivity index (χ2v) is 5.04. The topological polar surface area (TPSA) is 92.9 Å². The Morgan fingerprint density at radius 1 is 1.33 bits per heavy atom. The smallest absolute Gasteiger partial charge is 0.319 e. The van der Waals surface area contributed by atoms with Crippen LogP contribution in [0, 0.1) is 0 Å². The molecule has 0 saturated carbocycles. The van der Waals surface area contributed by atoms with Crippen molar-refractivity contribution in [2.24, 2.45) is 0 Å². The van der Waals surface area contributed by atoms with E-state index in [1.165, 1.54) is 5.56 Å². The molecule has 0 aromatic carbocycles. The van der Waals surface area contributed by atoms with Gasteiger partial charge in [0.05, 0.1) is 11.9 Å². The lowest BCUT2D eigenvalue weighted by Gasteiger charge is -2.09. The molecule has 6 heteroatoms. The molecule has 2 heterocycles. The number of carbonyl (C=O) groups excluding carboxylic acids is 1. The Labute approximate surface area is 122 Å². The van der Waals surface area contributed by atoms with Gasteiger partial charge in [-0.25, -0.2) is 9.78 Å². The number of aryl methyl sites for hydroxylation is 2. The molecule has 108 valence electrons. The highest BCUT2D eigenvalue weighted by molar-refractivity contribution is 5.89. The fourth-order valence-corrected chi connectivity index (χ4v) is 2.45. The Hall–Kier alpha value is -2.63. The summed E-state index contributed by atoms with van der Waals surface area (Å²) in [5.41, 5.74) is 9.60. The van der Waals surface area contributed by atoms with Gasteiger partial charge in [-0.2, -0.15) is 0 Å². The van der Waals surface area contributed by atoms with Crippen molar-refractivity contribution >= 4 is 17.5 Å². The lowest BCUT2D eigenvalue weighted by Crippen LogP contribution is -2.28. The molecule has 2 aromatic heterocycles. The molecule has 21 heavy (non-hydrogen) atoms. The highest BCUT2D eigenvalue weighted by Gasteiger charge is 2.13. The van der Waals surface area contributed by atoms with Crippen molar-refractivity contribution in [2.75, 3.05) is 11.1 Å². The maximum Gasteiger partial charge on any atom is 0.319 e. The summed E-state index contributed by atoms with van der Waals surface area (Å²) < 4.78 is 0. The van der Waals surface area contributed by atoms with Crippen molar-refractivity contribution in [3.63, 3.8) is 0 Å². The molecule has 1 aliphatic rings. The van der Waals surface area contributed by atoms with Crippen LogP contribution in [0.15, 0.2) is 30.6 Å². The van der Waals surface area contributed by atoms with Crippen LogP contribution in [0.4, 0.5) is 16.3 Å². The average molecular weight is 283 g/mol. The molecule has 0 fully saturated rings. The monoisotopic (exact) mass is 283 g/mol. The lowest BCUT2D eigenvalue weighted by molar-refractivity contribution is 0.251. The molecule has 1 aliphatic carbocycles. The van der Waals surface area contributed by atoms with E-state index < -0.39 is 0 Å². The summed E-state index contributed by atoms with van der Waals surface area (Å²) >= 11 is 0. The van der Waals surface area contributed by atoms with Gasteiger partial charge < -0.3 is 16.4 Å². The number of anilines is 2. The molecular formula is C15H17N5O. The molecule has 4 N–H and O–H groups in total. The zero-order chi connectivity index (χ0) is 14.7. The van der Waals surface area contributed by atoms with E-state index in [-0.39, 0.29) is 6.03 Å². The standard InChI is InChI=1S/C15H17N5O/c16-14-11(4-2-6-17-14)8-19-15(21)20-12-7-10-3-1-5-13(10)18-9-12/h2,4,6-7,9H,1,3,5,8H2,(H2,16,17)(H2,19,20,21). The highest BCUT2D eigenvalue weighted by Crippen LogP contribution is 2.22. The zero-order valence-electron chi connectivity index (χ0n) is 11.6. The molecule has 0 spiro atoms. The third kappa shape index (κ3) is 3.10. The maximum absolute atomic E-state index is 11.9. The predicted molar refractivity (Wildman–Crippen MR) is 80.8 cm³/mol. The van der Waals surface area contributed by atoms with Gasteiger partial charge in [-0.15, -0.1) is 0 Å². The number of hydrogen-bond acceptors (Lipinski definition) is 4. The lowest BCUT2D eigenvalue weighted by atomic mass is 10.2. The third-order valence-electron chi connectivity index (χ3n) is 3.54. The van der Waals surface area contributed by atoms with Crippen LogP contribution in [-0.4, -0.2) is 16.0 Å². The van der Waals surface area contributed by atoms with Gasteiger partial charge in [-0.05, 0) is 37.0 Å². The van der Waals surface area contributed by atoms with E-state index >= 15 is 0 Å². The summed E-state index contributed by atoms with van der Waals surface area (Å²) in [6.45, 7) is 0.337. The van der Waals surface area contributed by atoms with Gasteiger partial charge in [0, 0.05) is 24.0 Å². The number of nitrogens with one attached hydrogen (secondary N) is 2. The number of fused-ring (bicyclic) bond motifs is 1. The van der Waals surface area contributed by atoms with E-state index in [2.05, 4.69) is 20.6 Å². The van der Waals surface area contributed by atoms with Gasteiger partial charge in [0.1, 0.15) is 5.82 Å². The van der Waals surface area contributed by atoms with E-state index in [0.29, 0.717) is 18.1 Å². The number of hydrogen-bond donors (Lipinski definition) is 3. The molecule has 0 aliphatic heterocycles. The molecule has 0 atom stereocenters. The first kappa shape index (κ1) is 13.4. The maximum atomic E-state index is 11.9. The number of carbonyl (C=O) groups is 1. The minimum Gasteiger partial charge on any atom is -0.383 e. The summed E-state index contributed by atoms with van der Waals surface area (Å²) in [6, 6.07) is 5.33. The van der Waals surface area contributed by atoms with Crippen molar-refractivity contribution in [3.05, 3.63) is 47.4 Å². The Bertz CT molecular complexity index is 671. The van der Waals surface area contributed by atoms with Crippen LogP contribution in [-0.2, 0) is 19.4 Å². The Balaban J connectivity index is 1.58. The molecule has 0 unspecified atom stereocenters. The minimum atomic E-state index is -0.280. The van der Waals surface area contributed by atoms with Crippen LogP contribution >= 0.6 is 0 Å². The average Bonchev–Trinajstić information content (AvgIpc) is 2.94. The van der Waals surface area contributed by atoms with Crippen LogP contribution < -0.4 is 16.4 Å². The molecule has 2 aromatic rings. The second kappa shape index (κ2) is 5.78. The normalized spacial score (nSPS) is 12.8. The minimum absolute atomic E-state index is 0.280. The highest BCUT2D eigenvalue weighted by atomic mass is 16.2. The Kier molecular flexibility index (Phi) is 3.68. The number of aromatic nitrogens is 2. The van der Waals surface area contributed by atoms with Gasteiger partial charge >= 0.3 is 6.03 Å². The SMILES string of the molecule is Nc1ncccc1CNC(=O)Nc1cnc2c(c1)CCC2. The molecule has 0 radical (unpaired) electrons. The quantitative estimate of drug-likeness (QED) is 0.801. The summed E-state index contributed by atoms with van der Waals surface area (Å²) in [7, 11) is 0. The van der Waals surface area contributed by atoms with Gasteiger partial charge in [0.25, 0.3) is 0 Å². The summed E-state index contributed by atoms with van der Waals surface area (Å²) in [6.07, 6.45) is 6.52. The van der Waals surface area contributed by atoms with Gasteiger partial charge in [0.15, 0.2) is 0 Å². The van der Waals surface area contributed by atoms with Gasteiger partial charge in [-0.3, -0.25) is 4.98 Å². The number of urea groups is 1. The van der Waals surface area contributed by atoms with Crippen molar-refractivity contribution in [1.82, 2.24) is 15.3 Å². The second-order valence-electron chi connectivity index (χ2n) is 5.04. The first-order valence-electron chi connectivity index (χ1n) is 6.94. The first-order chi connectivity index (χ1) is 10.2. The Morgan fingerprint density at radius 3 is 3.10 bits per heavy atom. The summed E-state index contributed by atoms with van der Waals surface area (Å²) in [4.78, 5) is 20.2. The van der Waals surface area contributed by atoms with Crippen molar-refractivity contribution in [3.8, 4) is 0 Å². The van der Waals surface area contributed by atoms with Gasteiger partial charge in [-0.1, -0.05) is 6.07 Å². The number of amides is 2. The molecule has 0 saturated heterocycles. The predicted octanol–water partition coefficient (Wildman–Crippen LogP) is 1.87. The number of nitrogens with two attached hydrogens (primary N) is 1. The number of rotatable bonds is 3. The van der Waals surface area contributed by atoms with Crippen LogP contribution in [0.3, 0.4) is 0 Å². The summed E-state index contributed by atoms with van der Waals surface area (Å²) in [5.74, 6) is 0.428. The number of nitrogens with zero attached hydrogens (tertiary/aromatic N) is 2. The van der Waals surface area contributed by atoms with Crippen LogP contribution in [0.25, 0.3) is 0 Å². The van der Waals surface area contributed by atoms with Crippen LogP contribution in [0.1, 0.15) is 23.2 Å². The summed E-state index contributed by atoms with van der Waals surface area (Å²) in [5, 5.41) is 5.55. The van der Waals surface area contributed by atoms with Crippen LogP contribution in [0.5, 0.6) is 0 Å². The first-order valence-corrected chi connectivity index (χ1v) is 6.94. The molecular weight excluding hydrogens is 266 g/mol. The zero-order valence-corrected chi connectivity index (χ0v) is 11.6. The van der Waals surface area contributed by atoms with E-state index in [4.69, 9.17) is 5.73 Å². The largest absolute Gasteiger partial charge is 0.383 e. The van der Waals surface area contributed by atoms with Crippen molar-refractivity contribution in [1.29, 1.82) is 0 Å². The number of nitrogen functional groups attached to an aromatic ring is 1. The molecule has 0 bridgehead atoms. The van der Waals surface area contributed by atoms with E-state index in [1.807, 2.05) is 12.1 Å².